The molecule has 1 heterocycles. The van der Waals surface area contributed by atoms with Crippen LogP contribution in [0.15, 0.2) is 58.4 Å². The second kappa shape index (κ2) is 7.93. The van der Waals surface area contributed by atoms with Crippen LogP contribution < -0.4 is 11.0 Å². The molecule has 0 aliphatic heterocycles. The van der Waals surface area contributed by atoms with Gasteiger partial charge >= 0.3 is 0 Å². The molecule has 3 aromatic rings. The number of rotatable bonds is 5. The summed E-state index contributed by atoms with van der Waals surface area (Å²) in [6.07, 6.45) is 2.20. The number of fused-ring (bicyclic) bond motifs is 1. The molecular weight excluding hydrogens is 352 g/mol. The van der Waals surface area contributed by atoms with Crippen molar-refractivity contribution in [2.45, 2.75) is 19.9 Å². The highest BCUT2D eigenvalue weighted by molar-refractivity contribution is 6.33. The Morgan fingerprint density at radius 2 is 1.88 bits per heavy atom. The average Bonchev–Trinajstić information content (AvgIpc) is 2.65. The van der Waals surface area contributed by atoms with Crippen LogP contribution in [0.5, 0.6) is 0 Å². The summed E-state index contributed by atoms with van der Waals surface area (Å²) in [6, 6.07) is 14.1. The number of halogens is 1. The zero-order valence-corrected chi connectivity index (χ0v) is 14.9. The molecule has 0 radical (unpaired) electrons. The van der Waals surface area contributed by atoms with Gasteiger partial charge in [-0.1, -0.05) is 54.9 Å². The van der Waals surface area contributed by atoms with Crippen molar-refractivity contribution >= 4 is 34.5 Å². The van der Waals surface area contributed by atoms with Crippen LogP contribution in [0.3, 0.4) is 0 Å². The van der Waals surface area contributed by atoms with Crippen molar-refractivity contribution in [3.05, 3.63) is 75.2 Å². The number of aryl methyl sites for hydroxylation is 1. The molecule has 6 nitrogen and oxygen atoms in total. The fourth-order valence-electron chi connectivity index (χ4n) is 2.56. The van der Waals surface area contributed by atoms with Gasteiger partial charge in [-0.2, -0.15) is 10.2 Å². The van der Waals surface area contributed by atoms with Crippen molar-refractivity contribution in [3.63, 3.8) is 0 Å². The van der Waals surface area contributed by atoms with Crippen LogP contribution in [-0.2, 0) is 6.54 Å². The van der Waals surface area contributed by atoms with Crippen molar-refractivity contribution in [2.75, 3.05) is 0 Å². The Bertz CT molecular complexity index is 1040. The van der Waals surface area contributed by atoms with E-state index in [9.17, 15) is 9.59 Å². The third kappa shape index (κ3) is 3.65. The summed E-state index contributed by atoms with van der Waals surface area (Å²) in [4.78, 5) is 25.0. The molecule has 2 aromatic carbocycles. The Morgan fingerprint density at radius 1 is 1.19 bits per heavy atom. The molecule has 0 fully saturated rings. The van der Waals surface area contributed by atoms with Gasteiger partial charge in [0.15, 0.2) is 5.69 Å². The fraction of sp³-hybridized carbons (Fsp3) is 0.158. The van der Waals surface area contributed by atoms with Gasteiger partial charge in [0.05, 0.1) is 11.6 Å². The van der Waals surface area contributed by atoms with Crippen molar-refractivity contribution in [3.8, 4) is 0 Å². The van der Waals surface area contributed by atoms with Gasteiger partial charge in [0, 0.05) is 22.5 Å². The van der Waals surface area contributed by atoms with Gasteiger partial charge in [0.2, 0.25) is 0 Å². The topological polar surface area (TPSA) is 76.3 Å². The lowest BCUT2D eigenvalue weighted by atomic mass is 10.1. The summed E-state index contributed by atoms with van der Waals surface area (Å²) in [5.41, 5.74) is 3.08. The molecule has 0 bridgehead atoms. The quantitative estimate of drug-likeness (QED) is 0.555. The third-order valence-corrected chi connectivity index (χ3v) is 4.14. The molecule has 132 valence electrons. The fourth-order valence-corrected chi connectivity index (χ4v) is 2.74. The standard InChI is InChI=1S/C19H17ClN4O2/c1-2-11-24-19(26)15-9-5-4-8-14(15)17(23-24)18(25)22-21-12-13-7-3-6-10-16(13)20/h3-10,12H,2,11H2,1H3,(H,22,25)/b21-12-. The summed E-state index contributed by atoms with van der Waals surface area (Å²) in [6.45, 7) is 2.38. The van der Waals surface area contributed by atoms with Crippen LogP contribution in [0.2, 0.25) is 5.02 Å². The zero-order valence-electron chi connectivity index (χ0n) is 14.1. The minimum Gasteiger partial charge on any atom is -0.267 e. The number of hydrazone groups is 1. The summed E-state index contributed by atoms with van der Waals surface area (Å²) in [5, 5.41) is 9.66. The van der Waals surface area contributed by atoms with Gasteiger partial charge in [0.1, 0.15) is 0 Å². The van der Waals surface area contributed by atoms with Crippen LogP contribution in [0.1, 0.15) is 29.4 Å². The minimum atomic E-state index is -0.491. The molecular formula is C19H17ClN4O2. The smallest absolute Gasteiger partial charge is 0.267 e. The highest BCUT2D eigenvalue weighted by Gasteiger charge is 2.15. The second-order valence-electron chi connectivity index (χ2n) is 5.64. The third-order valence-electron chi connectivity index (χ3n) is 3.79. The first-order valence-electron chi connectivity index (χ1n) is 8.19. The van der Waals surface area contributed by atoms with E-state index in [4.69, 9.17) is 11.6 Å². The lowest BCUT2D eigenvalue weighted by Crippen LogP contribution is -2.29. The number of hydrogen-bond acceptors (Lipinski definition) is 4. The molecule has 0 aliphatic rings. The maximum Gasteiger partial charge on any atom is 0.292 e. The summed E-state index contributed by atoms with van der Waals surface area (Å²) >= 11 is 6.05. The van der Waals surface area contributed by atoms with Crippen LogP contribution in [0, 0.1) is 0 Å². The molecule has 0 spiro atoms. The van der Waals surface area contributed by atoms with E-state index in [-0.39, 0.29) is 11.3 Å². The van der Waals surface area contributed by atoms with Crippen LogP contribution in [0.25, 0.3) is 10.8 Å². The number of carbonyl (C=O) groups excluding carboxylic acids is 1. The van der Waals surface area contributed by atoms with Crippen molar-refractivity contribution in [1.29, 1.82) is 0 Å². The molecule has 1 amide bonds. The normalized spacial score (nSPS) is 11.2. The number of carbonyl (C=O) groups is 1. The molecule has 0 aliphatic carbocycles. The number of nitrogens with zero attached hydrogens (tertiary/aromatic N) is 3. The van der Waals surface area contributed by atoms with Gasteiger partial charge in [-0.3, -0.25) is 9.59 Å². The monoisotopic (exact) mass is 368 g/mol. The van der Waals surface area contributed by atoms with Gasteiger partial charge in [-0.15, -0.1) is 0 Å². The number of hydrogen-bond donors (Lipinski definition) is 1. The van der Waals surface area contributed by atoms with Gasteiger partial charge in [-0.05, 0) is 18.6 Å². The van der Waals surface area contributed by atoms with Crippen molar-refractivity contribution < 1.29 is 4.79 Å². The molecule has 0 atom stereocenters. The highest BCUT2D eigenvalue weighted by Crippen LogP contribution is 2.14. The molecule has 1 aromatic heterocycles. The van der Waals surface area contributed by atoms with Crippen LogP contribution >= 0.6 is 11.6 Å². The lowest BCUT2D eigenvalue weighted by Gasteiger charge is -2.09. The van der Waals surface area contributed by atoms with Gasteiger partial charge < -0.3 is 0 Å². The summed E-state index contributed by atoms with van der Waals surface area (Å²) in [7, 11) is 0. The molecule has 0 saturated heterocycles. The van der Waals surface area contributed by atoms with E-state index in [1.165, 1.54) is 10.9 Å². The Kier molecular flexibility index (Phi) is 5.43. The van der Waals surface area contributed by atoms with Gasteiger partial charge in [-0.25, -0.2) is 10.1 Å². The molecule has 26 heavy (non-hydrogen) atoms. The van der Waals surface area contributed by atoms with E-state index in [1.807, 2.05) is 19.1 Å². The molecule has 7 heteroatoms. The maximum absolute atomic E-state index is 12.6. The van der Waals surface area contributed by atoms with Crippen LogP contribution in [0.4, 0.5) is 0 Å². The SMILES string of the molecule is CCCn1nc(C(=O)N/N=C\c2ccccc2Cl)c2ccccc2c1=O. The predicted molar refractivity (Wildman–Crippen MR) is 103 cm³/mol. The maximum atomic E-state index is 12.6. The Labute approximate surface area is 155 Å². The first kappa shape index (κ1) is 17.8. The van der Waals surface area contributed by atoms with Crippen LogP contribution in [-0.4, -0.2) is 21.9 Å². The van der Waals surface area contributed by atoms with E-state index in [1.54, 1.807) is 36.4 Å². The van der Waals surface area contributed by atoms with Crippen molar-refractivity contribution in [2.24, 2.45) is 5.10 Å². The van der Waals surface area contributed by atoms with E-state index in [2.05, 4.69) is 15.6 Å². The van der Waals surface area contributed by atoms with Gasteiger partial charge in [0.25, 0.3) is 11.5 Å². The summed E-state index contributed by atoms with van der Waals surface area (Å²) < 4.78 is 1.31. The zero-order chi connectivity index (χ0) is 18.5. The van der Waals surface area contributed by atoms with E-state index >= 15 is 0 Å². The van der Waals surface area contributed by atoms with E-state index in [0.717, 1.165) is 6.42 Å². The minimum absolute atomic E-state index is 0.157. The summed E-state index contributed by atoms with van der Waals surface area (Å²) in [5.74, 6) is -0.491. The number of aromatic nitrogens is 2. The second-order valence-corrected chi connectivity index (χ2v) is 6.05. The first-order valence-corrected chi connectivity index (χ1v) is 8.57. The highest BCUT2D eigenvalue weighted by atomic mass is 35.5. The Balaban J connectivity index is 1.94. The lowest BCUT2D eigenvalue weighted by molar-refractivity contribution is 0.0949. The van der Waals surface area contributed by atoms with Crippen molar-refractivity contribution in [1.82, 2.24) is 15.2 Å². The van der Waals surface area contributed by atoms with E-state index in [0.29, 0.717) is 27.9 Å². The Hall–Kier alpha value is -2.99. The molecule has 0 unspecified atom stereocenters. The average molecular weight is 369 g/mol. The molecule has 0 saturated carbocycles. The molecule has 3 rings (SSSR count). The first-order chi connectivity index (χ1) is 12.6. The predicted octanol–water partition coefficient (Wildman–Crippen LogP) is 3.22. The number of amides is 1. The Morgan fingerprint density at radius 3 is 2.62 bits per heavy atom. The number of nitrogens with one attached hydrogen (secondary N) is 1. The number of benzene rings is 2. The molecule has 1 N–H and O–H groups in total. The van der Waals surface area contributed by atoms with E-state index < -0.39 is 5.91 Å². The largest absolute Gasteiger partial charge is 0.292 e.